The Hall–Kier alpha value is -0.420. The molecule has 0 bridgehead atoms. The first-order valence-electron chi connectivity index (χ1n) is 5.12. The molecule has 4 heteroatoms. The third-order valence-corrected chi connectivity index (χ3v) is 3.16. The number of aryl methyl sites for hydroxylation is 1. The van der Waals surface area contributed by atoms with Gasteiger partial charge in [-0.2, -0.15) is 0 Å². The normalized spacial score (nSPS) is 13.0. The van der Waals surface area contributed by atoms with Crippen LogP contribution < -0.4 is 5.73 Å². The van der Waals surface area contributed by atoms with E-state index in [0.717, 1.165) is 6.42 Å². The van der Waals surface area contributed by atoms with E-state index < -0.39 is 0 Å². The summed E-state index contributed by atoms with van der Waals surface area (Å²) in [5.74, 6) is 0. The largest absolute Gasteiger partial charge is 0.382 e. The Morgan fingerprint density at radius 3 is 2.80 bits per heavy atom. The van der Waals surface area contributed by atoms with E-state index in [1.807, 2.05) is 0 Å². The number of ether oxygens (including phenoxy) is 2. The van der Waals surface area contributed by atoms with Crippen molar-refractivity contribution in [3.05, 3.63) is 21.9 Å². The first-order valence-corrected chi connectivity index (χ1v) is 6.00. The summed E-state index contributed by atoms with van der Waals surface area (Å²) in [4.78, 5) is 1.30. The van der Waals surface area contributed by atoms with E-state index in [4.69, 9.17) is 15.2 Å². The zero-order valence-electron chi connectivity index (χ0n) is 9.36. The van der Waals surface area contributed by atoms with Crippen molar-refractivity contribution in [1.29, 1.82) is 0 Å². The van der Waals surface area contributed by atoms with E-state index in [-0.39, 0.29) is 6.04 Å². The summed E-state index contributed by atoms with van der Waals surface area (Å²) in [6.45, 7) is 4.09. The minimum atomic E-state index is 0.0961. The first kappa shape index (κ1) is 12.6. The summed E-state index contributed by atoms with van der Waals surface area (Å²) in [5.41, 5.74) is 7.30. The molecule has 1 aromatic heterocycles. The van der Waals surface area contributed by atoms with Crippen molar-refractivity contribution in [2.75, 3.05) is 26.9 Å². The van der Waals surface area contributed by atoms with Gasteiger partial charge < -0.3 is 15.2 Å². The van der Waals surface area contributed by atoms with E-state index in [1.54, 1.807) is 18.4 Å². The summed E-state index contributed by atoms with van der Waals surface area (Å²) in [6, 6.07) is 2.19. The zero-order chi connectivity index (χ0) is 11.1. The lowest BCUT2D eigenvalue weighted by Crippen LogP contribution is -2.14. The van der Waals surface area contributed by atoms with Crippen LogP contribution in [0, 0.1) is 6.92 Å². The van der Waals surface area contributed by atoms with Gasteiger partial charge in [0.15, 0.2) is 0 Å². The van der Waals surface area contributed by atoms with Crippen molar-refractivity contribution >= 4 is 11.3 Å². The molecule has 0 saturated carbocycles. The monoisotopic (exact) mass is 229 g/mol. The topological polar surface area (TPSA) is 44.5 Å². The fraction of sp³-hybridized carbons (Fsp3) is 0.636. The minimum Gasteiger partial charge on any atom is -0.382 e. The Balaban J connectivity index is 2.19. The summed E-state index contributed by atoms with van der Waals surface area (Å²) >= 11 is 1.74. The fourth-order valence-electron chi connectivity index (χ4n) is 1.39. The van der Waals surface area contributed by atoms with Gasteiger partial charge in [0.1, 0.15) is 0 Å². The second-order valence-corrected chi connectivity index (χ2v) is 4.55. The molecule has 0 radical (unpaired) electrons. The molecule has 1 rings (SSSR count). The number of hydrogen-bond acceptors (Lipinski definition) is 4. The average molecular weight is 229 g/mol. The van der Waals surface area contributed by atoms with E-state index >= 15 is 0 Å². The maximum atomic E-state index is 6.05. The highest BCUT2D eigenvalue weighted by molar-refractivity contribution is 7.10. The standard InChI is InChI=1S/C11H19NO2S/c1-9-10(4-8-15-9)11(12)3-5-14-7-6-13-2/h4,8,11H,3,5-7,12H2,1-2H3. The molecule has 0 fully saturated rings. The molecule has 86 valence electrons. The number of rotatable bonds is 7. The highest BCUT2D eigenvalue weighted by atomic mass is 32.1. The van der Waals surface area contributed by atoms with Crippen LogP contribution in [0.15, 0.2) is 11.4 Å². The average Bonchev–Trinajstić information content (AvgIpc) is 2.64. The van der Waals surface area contributed by atoms with Crippen molar-refractivity contribution in [1.82, 2.24) is 0 Å². The molecular formula is C11H19NO2S. The van der Waals surface area contributed by atoms with E-state index in [1.165, 1.54) is 10.4 Å². The van der Waals surface area contributed by atoms with Gasteiger partial charge in [0.05, 0.1) is 13.2 Å². The van der Waals surface area contributed by atoms with Gasteiger partial charge in [0.25, 0.3) is 0 Å². The van der Waals surface area contributed by atoms with Crippen molar-refractivity contribution < 1.29 is 9.47 Å². The zero-order valence-corrected chi connectivity index (χ0v) is 10.2. The minimum absolute atomic E-state index is 0.0961. The summed E-state index contributed by atoms with van der Waals surface area (Å²) < 4.78 is 10.3. The Morgan fingerprint density at radius 1 is 1.40 bits per heavy atom. The third kappa shape index (κ3) is 4.30. The Kier molecular flexibility index (Phi) is 5.86. The molecule has 1 atom stereocenters. The SMILES string of the molecule is COCCOCCC(N)c1ccsc1C. The van der Waals surface area contributed by atoms with Crippen LogP contribution in [0.4, 0.5) is 0 Å². The molecule has 0 aliphatic carbocycles. The molecule has 0 saturated heterocycles. The molecule has 1 unspecified atom stereocenters. The Morgan fingerprint density at radius 2 is 2.20 bits per heavy atom. The predicted octanol–water partition coefficient (Wildman–Crippen LogP) is 2.11. The molecule has 0 aliphatic heterocycles. The van der Waals surface area contributed by atoms with Gasteiger partial charge in [-0.25, -0.2) is 0 Å². The molecule has 0 aromatic carbocycles. The van der Waals surface area contributed by atoms with Crippen LogP contribution in [0.25, 0.3) is 0 Å². The Bertz CT molecular complexity index is 275. The molecule has 15 heavy (non-hydrogen) atoms. The summed E-state index contributed by atoms with van der Waals surface area (Å²) in [5, 5.41) is 2.08. The van der Waals surface area contributed by atoms with Crippen LogP contribution in [-0.2, 0) is 9.47 Å². The molecule has 1 aromatic rings. The van der Waals surface area contributed by atoms with Crippen LogP contribution in [0.1, 0.15) is 22.9 Å². The van der Waals surface area contributed by atoms with Crippen molar-refractivity contribution in [2.24, 2.45) is 5.73 Å². The smallest absolute Gasteiger partial charge is 0.0700 e. The number of thiophene rings is 1. The molecular weight excluding hydrogens is 210 g/mol. The third-order valence-electron chi connectivity index (χ3n) is 2.30. The lowest BCUT2D eigenvalue weighted by Gasteiger charge is -2.11. The molecule has 0 aliphatic rings. The predicted molar refractivity (Wildman–Crippen MR) is 63.3 cm³/mol. The molecule has 2 N–H and O–H groups in total. The van der Waals surface area contributed by atoms with Crippen LogP contribution >= 0.6 is 11.3 Å². The maximum Gasteiger partial charge on any atom is 0.0700 e. The number of hydrogen-bond donors (Lipinski definition) is 1. The molecule has 1 heterocycles. The van der Waals surface area contributed by atoms with Gasteiger partial charge in [0, 0.05) is 24.6 Å². The number of nitrogens with two attached hydrogens (primary N) is 1. The fourth-order valence-corrected chi connectivity index (χ4v) is 2.16. The van der Waals surface area contributed by atoms with Gasteiger partial charge in [0.2, 0.25) is 0 Å². The van der Waals surface area contributed by atoms with Crippen molar-refractivity contribution in [3.8, 4) is 0 Å². The van der Waals surface area contributed by atoms with E-state index in [0.29, 0.717) is 19.8 Å². The highest BCUT2D eigenvalue weighted by Gasteiger charge is 2.09. The summed E-state index contributed by atoms with van der Waals surface area (Å²) in [6.07, 6.45) is 0.862. The van der Waals surface area contributed by atoms with Crippen molar-refractivity contribution in [2.45, 2.75) is 19.4 Å². The van der Waals surface area contributed by atoms with Crippen molar-refractivity contribution in [3.63, 3.8) is 0 Å². The van der Waals surface area contributed by atoms with Gasteiger partial charge in [-0.15, -0.1) is 11.3 Å². The van der Waals surface area contributed by atoms with Crippen LogP contribution in [0.3, 0.4) is 0 Å². The van der Waals surface area contributed by atoms with Gasteiger partial charge in [-0.05, 0) is 30.4 Å². The molecule has 0 spiro atoms. The second-order valence-electron chi connectivity index (χ2n) is 3.43. The summed E-state index contributed by atoms with van der Waals surface area (Å²) in [7, 11) is 1.67. The van der Waals surface area contributed by atoms with Crippen LogP contribution in [-0.4, -0.2) is 26.9 Å². The van der Waals surface area contributed by atoms with Gasteiger partial charge in [-0.1, -0.05) is 0 Å². The first-order chi connectivity index (χ1) is 7.25. The van der Waals surface area contributed by atoms with Gasteiger partial charge in [-0.3, -0.25) is 0 Å². The lowest BCUT2D eigenvalue weighted by atomic mass is 10.1. The molecule has 0 amide bonds. The maximum absolute atomic E-state index is 6.05. The van der Waals surface area contributed by atoms with E-state index in [2.05, 4.69) is 18.4 Å². The number of methoxy groups -OCH3 is 1. The quantitative estimate of drug-likeness (QED) is 0.728. The highest BCUT2D eigenvalue weighted by Crippen LogP contribution is 2.22. The second kappa shape index (κ2) is 6.95. The lowest BCUT2D eigenvalue weighted by molar-refractivity contribution is 0.0672. The van der Waals surface area contributed by atoms with Crippen LogP contribution in [0.5, 0.6) is 0 Å². The van der Waals surface area contributed by atoms with Crippen LogP contribution in [0.2, 0.25) is 0 Å². The Labute approximate surface area is 95.2 Å². The van der Waals surface area contributed by atoms with Gasteiger partial charge >= 0.3 is 0 Å². The van der Waals surface area contributed by atoms with E-state index in [9.17, 15) is 0 Å². The molecule has 3 nitrogen and oxygen atoms in total.